The molecule has 2 aromatic heterocycles. The molecule has 0 unspecified atom stereocenters. The summed E-state index contributed by atoms with van der Waals surface area (Å²) in [5.74, 6) is 1.24. The lowest BCUT2D eigenvalue weighted by Crippen LogP contribution is -2.43. The van der Waals surface area contributed by atoms with Gasteiger partial charge in [0.05, 0.1) is 22.7 Å². The van der Waals surface area contributed by atoms with Crippen molar-refractivity contribution in [2.24, 2.45) is 5.73 Å². The fraction of sp³-hybridized carbons (Fsp3) is 0.545. The monoisotopic (exact) mass is 250 g/mol. The van der Waals surface area contributed by atoms with Crippen LogP contribution in [0.1, 0.15) is 41.7 Å². The number of aryl methyl sites for hydroxylation is 1. The second-order valence-electron chi connectivity index (χ2n) is 4.56. The first-order valence-corrected chi connectivity index (χ1v) is 6.57. The van der Waals surface area contributed by atoms with Gasteiger partial charge in [0.15, 0.2) is 5.82 Å². The van der Waals surface area contributed by atoms with Crippen LogP contribution in [0.15, 0.2) is 9.90 Å². The van der Waals surface area contributed by atoms with E-state index in [4.69, 9.17) is 10.3 Å². The summed E-state index contributed by atoms with van der Waals surface area (Å²) >= 11 is 1.63. The molecule has 1 aliphatic carbocycles. The van der Waals surface area contributed by atoms with Gasteiger partial charge < -0.3 is 10.3 Å². The number of hydrogen-bond acceptors (Lipinski definition) is 6. The highest BCUT2D eigenvalue weighted by molar-refractivity contribution is 7.09. The van der Waals surface area contributed by atoms with Gasteiger partial charge in [-0.15, -0.1) is 11.3 Å². The average molecular weight is 250 g/mol. The Balaban J connectivity index is 1.76. The highest BCUT2D eigenvalue weighted by Gasteiger charge is 2.39. The van der Waals surface area contributed by atoms with Gasteiger partial charge in [0.2, 0.25) is 5.89 Å². The van der Waals surface area contributed by atoms with E-state index in [0.29, 0.717) is 18.1 Å². The summed E-state index contributed by atoms with van der Waals surface area (Å²) in [4.78, 5) is 8.75. The number of nitrogens with two attached hydrogens (primary N) is 1. The zero-order valence-electron chi connectivity index (χ0n) is 9.64. The third kappa shape index (κ3) is 1.98. The van der Waals surface area contributed by atoms with Crippen molar-refractivity contribution in [1.82, 2.24) is 15.1 Å². The van der Waals surface area contributed by atoms with E-state index >= 15 is 0 Å². The van der Waals surface area contributed by atoms with Crippen molar-refractivity contribution in [1.29, 1.82) is 0 Å². The molecule has 0 aromatic carbocycles. The van der Waals surface area contributed by atoms with Gasteiger partial charge in [-0.1, -0.05) is 5.16 Å². The molecule has 3 rings (SSSR count). The van der Waals surface area contributed by atoms with E-state index in [1.807, 2.05) is 12.3 Å². The summed E-state index contributed by atoms with van der Waals surface area (Å²) in [6.07, 6.45) is 3.62. The maximum absolute atomic E-state index is 6.13. The lowest BCUT2D eigenvalue weighted by molar-refractivity contribution is 0.181. The lowest BCUT2D eigenvalue weighted by atomic mass is 9.78. The Bertz CT molecular complexity index is 529. The van der Waals surface area contributed by atoms with Crippen LogP contribution in [0.25, 0.3) is 0 Å². The average Bonchev–Trinajstić information content (AvgIpc) is 2.85. The molecule has 0 spiro atoms. The summed E-state index contributed by atoms with van der Waals surface area (Å²) in [5.41, 5.74) is 6.74. The molecule has 0 aliphatic heterocycles. The third-order valence-corrected chi connectivity index (χ3v) is 3.97. The quantitative estimate of drug-likeness (QED) is 0.898. The molecule has 2 heterocycles. The zero-order valence-corrected chi connectivity index (χ0v) is 10.5. The summed E-state index contributed by atoms with van der Waals surface area (Å²) in [6.45, 7) is 1.99. The highest BCUT2D eigenvalue weighted by atomic mass is 32.1. The van der Waals surface area contributed by atoms with Crippen LogP contribution < -0.4 is 5.73 Å². The van der Waals surface area contributed by atoms with Crippen LogP contribution in [-0.2, 0) is 12.0 Å². The Morgan fingerprint density at radius 2 is 2.29 bits per heavy atom. The molecule has 2 N–H and O–H groups in total. The van der Waals surface area contributed by atoms with Crippen LogP contribution in [0.4, 0.5) is 0 Å². The molecule has 0 atom stereocenters. The van der Waals surface area contributed by atoms with Crippen LogP contribution in [0, 0.1) is 6.92 Å². The molecule has 17 heavy (non-hydrogen) atoms. The van der Waals surface area contributed by atoms with Crippen molar-refractivity contribution in [2.75, 3.05) is 0 Å². The van der Waals surface area contributed by atoms with Crippen molar-refractivity contribution in [3.63, 3.8) is 0 Å². The second-order valence-corrected chi connectivity index (χ2v) is 5.62. The largest absolute Gasteiger partial charge is 0.337 e. The standard InChI is InChI=1S/C11H14N4OS/c1-7-13-8(6-17-7)5-9-14-10(16-15-9)11(12)3-2-4-11/h6H,2-5,12H2,1H3. The Hall–Kier alpha value is -1.27. The van der Waals surface area contributed by atoms with E-state index in [2.05, 4.69) is 15.1 Å². The number of rotatable bonds is 3. The predicted octanol–water partition coefficient (Wildman–Crippen LogP) is 1.76. The van der Waals surface area contributed by atoms with Gasteiger partial charge in [-0.05, 0) is 26.2 Å². The van der Waals surface area contributed by atoms with E-state index in [1.165, 1.54) is 0 Å². The maximum atomic E-state index is 6.13. The molecule has 1 saturated carbocycles. The molecule has 0 saturated heterocycles. The van der Waals surface area contributed by atoms with Crippen LogP contribution in [-0.4, -0.2) is 15.1 Å². The fourth-order valence-corrected chi connectivity index (χ4v) is 2.56. The number of nitrogens with zero attached hydrogens (tertiary/aromatic N) is 3. The van der Waals surface area contributed by atoms with Crippen molar-refractivity contribution < 1.29 is 4.52 Å². The van der Waals surface area contributed by atoms with Crippen molar-refractivity contribution in [3.8, 4) is 0 Å². The molecule has 2 aromatic rings. The van der Waals surface area contributed by atoms with Crippen LogP contribution in [0.3, 0.4) is 0 Å². The molecular formula is C11H14N4OS. The minimum absolute atomic E-state index is 0.372. The molecule has 0 radical (unpaired) electrons. The van der Waals surface area contributed by atoms with Gasteiger partial charge >= 0.3 is 0 Å². The first kappa shape index (κ1) is 10.9. The van der Waals surface area contributed by atoms with Crippen LogP contribution in [0.5, 0.6) is 0 Å². The zero-order chi connectivity index (χ0) is 11.9. The highest BCUT2D eigenvalue weighted by Crippen LogP contribution is 2.37. The van der Waals surface area contributed by atoms with Gasteiger partial charge in [0.25, 0.3) is 0 Å². The van der Waals surface area contributed by atoms with Gasteiger partial charge in [-0.25, -0.2) is 4.98 Å². The minimum atomic E-state index is -0.372. The molecule has 5 nitrogen and oxygen atoms in total. The molecule has 90 valence electrons. The van der Waals surface area contributed by atoms with E-state index in [0.717, 1.165) is 30.0 Å². The minimum Gasteiger partial charge on any atom is -0.337 e. The Morgan fingerprint density at radius 1 is 1.47 bits per heavy atom. The number of thiazole rings is 1. The summed E-state index contributed by atoms with van der Waals surface area (Å²) in [5, 5.41) is 7.04. The second kappa shape index (κ2) is 3.89. The summed E-state index contributed by atoms with van der Waals surface area (Å²) < 4.78 is 5.24. The Labute approximate surface area is 103 Å². The predicted molar refractivity (Wildman–Crippen MR) is 63.7 cm³/mol. The topological polar surface area (TPSA) is 77.8 Å². The molecule has 1 fully saturated rings. The molecule has 6 heteroatoms. The van der Waals surface area contributed by atoms with Crippen LogP contribution >= 0.6 is 11.3 Å². The molecule has 1 aliphatic rings. The molecular weight excluding hydrogens is 236 g/mol. The lowest BCUT2D eigenvalue weighted by Gasteiger charge is -2.33. The summed E-state index contributed by atoms with van der Waals surface area (Å²) in [7, 11) is 0. The smallest absolute Gasteiger partial charge is 0.246 e. The first-order valence-electron chi connectivity index (χ1n) is 5.69. The van der Waals surface area contributed by atoms with Gasteiger partial charge in [0, 0.05) is 5.38 Å². The van der Waals surface area contributed by atoms with E-state index < -0.39 is 0 Å². The molecule has 0 bridgehead atoms. The van der Waals surface area contributed by atoms with Gasteiger partial charge in [0.1, 0.15) is 0 Å². The Morgan fingerprint density at radius 3 is 2.88 bits per heavy atom. The van der Waals surface area contributed by atoms with Crippen molar-refractivity contribution in [2.45, 2.75) is 38.1 Å². The SMILES string of the molecule is Cc1nc(Cc2noc(C3(N)CCC3)n2)cs1. The Kier molecular flexibility index (Phi) is 2.48. The number of aromatic nitrogens is 3. The van der Waals surface area contributed by atoms with E-state index in [1.54, 1.807) is 11.3 Å². The first-order chi connectivity index (χ1) is 8.16. The summed E-state index contributed by atoms with van der Waals surface area (Å²) in [6, 6.07) is 0. The van der Waals surface area contributed by atoms with E-state index in [9.17, 15) is 0 Å². The van der Waals surface area contributed by atoms with E-state index in [-0.39, 0.29) is 5.54 Å². The fourth-order valence-electron chi connectivity index (χ4n) is 1.95. The number of hydrogen-bond donors (Lipinski definition) is 1. The van der Waals surface area contributed by atoms with Crippen LogP contribution in [0.2, 0.25) is 0 Å². The maximum Gasteiger partial charge on any atom is 0.246 e. The molecule has 0 amide bonds. The third-order valence-electron chi connectivity index (χ3n) is 3.15. The van der Waals surface area contributed by atoms with Gasteiger partial charge in [-0.3, -0.25) is 0 Å². The normalized spacial score (nSPS) is 18.0. The van der Waals surface area contributed by atoms with Crippen molar-refractivity contribution in [3.05, 3.63) is 27.8 Å². The van der Waals surface area contributed by atoms with Crippen molar-refractivity contribution >= 4 is 11.3 Å². The van der Waals surface area contributed by atoms with Gasteiger partial charge in [-0.2, -0.15) is 4.98 Å².